The van der Waals surface area contributed by atoms with Crippen LogP contribution in [0.15, 0.2) is 0 Å². The zero-order valence-corrected chi connectivity index (χ0v) is 8.35. The van der Waals surface area contributed by atoms with Gasteiger partial charge in [0.15, 0.2) is 0 Å². The van der Waals surface area contributed by atoms with Crippen LogP contribution in [0, 0.1) is 5.92 Å². The Bertz CT molecular complexity index is 138. The van der Waals surface area contributed by atoms with Crippen LogP contribution in [-0.4, -0.2) is 25.7 Å². The predicted octanol–water partition coefficient (Wildman–Crippen LogP) is 1.15. The van der Waals surface area contributed by atoms with Crippen molar-refractivity contribution in [1.82, 2.24) is 4.31 Å². The molecule has 3 nitrogen and oxygen atoms in total. The van der Waals surface area contributed by atoms with Gasteiger partial charge in [0.25, 0.3) is 0 Å². The Morgan fingerprint density at radius 3 is 2.00 bits per heavy atom. The first-order chi connectivity index (χ1) is 5.00. The molecule has 68 valence electrons. The molecule has 2 unspecified atom stereocenters. The van der Waals surface area contributed by atoms with Crippen molar-refractivity contribution in [3.8, 4) is 0 Å². The van der Waals surface area contributed by atoms with E-state index in [4.69, 9.17) is 0 Å². The van der Waals surface area contributed by atoms with E-state index in [9.17, 15) is 8.76 Å². The van der Waals surface area contributed by atoms with E-state index in [0.29, 0.717) is 12.5 Å². The lowest BCUT2D eigenvalue weighted by molar-refractivity contribution is 0.277. The second-order valence-corrected chi connectivity index (χ2v) is 3.84. The Morgan fingerprint density at radius 2 is 1.91 bits per heavy atom. The minimum absolute atomic E-state index is 0.0957. The summed E-state index contributed by atoms with van der Waals surface area (Å²) in [6.07, 6.45) is 0. The lowest BCUT2D eigenvalue weighted by Crippen LogP contribution is -2.37. The van der Waals surface area contributed by atoms with Gasteiger partial charge in [0.2, 0.25) is 0 Å². The van der Waals surface area contributed by atoms with Crippen molar-refractivity contribution in [2.75, 3.05) is 6.54 Å². The van der Waals surface area contributed by atoms with Gasteiger partial charge < -0.3 is 4.55 Å². The molecule has 0 aromatic rings. The molecule has 0 rings (SSSR count). The van der Waals surface area contributed by atoms with Crippen LogP contribution in [0.5, 0.6) is 0 Å². The van der Waals surface area contributed by atoms with Crippen molar-refractivity contribution in [3.63, 3.8) is 0 Å². The molecule has 0 aliphatic rings. The normalized spacial score (nSPS) is 17.4. The fraction of sp³-hybridized carbons (Fsp3) is 1.00. The molecule has 0 aromatic heterocycles. The van der Waals surface area contributed by atoms with E-state index < -0.39 is 11.3 Å². The fourth-order valence-electron chi connectivity index (χ4n) is 0.862. The Kier molecular flexibility index (Phi) is 4.88. The zero-order valence-electron chi connectivity index (χ0n) is 7.53. The van der Waals surface area contributed by atoms with Crippen LogP contribution in [0.1, 0.15) is 27.7 Å². The average molecular weight is 178 g/mol. The van der Waals surface area contributed by atoms with Gasteiger partial charge in [0, 0.05) is 23.9 Å². The molecule has 0 aliphatic carbocycles. The molecule has 0 bridgehead atoms. The maximum atomic E-state index is 10.6. The number of hydrogen-bond donors (Lipinski definition) is 0. The molecule has 0 spiro atoms. The highest BCUT2D eigenvalue weighted by atomic mass is 32.2. The van der Waals surface area contributed by atoms with E-state index >= 15 is 0 Å². The van der Waals surface area contributed by atoms with Gasteiger partial charge >= 0.3 is 0 Å². The lowest BCUT2D eigenvalue weighted by Gasteiger charge is -2.31. The Morgan fingerprint density at radius 1 is 1.45 bits per heavy atom. The second-order valence-electron chi connectivity index (χ2n) is 2.94. The standard InChI is InChI=1S/C7H17NO2S/c1-5-8(11(9)10)7(4)6(2)3/h6-7H,5H2,1-4H3,(H,9,10)/p-1. The Balaban J connectivity index is 4.14. The maximum Gasteiger partial charge on any atom is 0.0211 e. The molecule has 0 heterocycles. The first-order valence-corrected chi connectivity index (χ1v) is 4.89. The molecule has 0 aromatic carbocycles. The van der Waals surface area contributed by atoms with Crippen molar-refractivity contribution in [3.05, 3.63) is 0 Å². The minimum Gasteiger partial charge on any atom is -0.760 e. The van der Waals surface area contributed by atoms with Crippen molar-refractivity contribution < 1.29 is 8.76 Å². The number of nitrogens with zero attached hydrogens (tertiary/aromatic N) is 1. The lowest BCUT2D eigenvalue weighted by atomic mass is 10.1. The van der Waals surface area contributed by atoms with Crippen LogP contribution >= 0.6 is 0 Å². The molecule has 11 heavy (non-hydrogen) atoms. The minimum atomic E-state index is -2.07. The third-order valence-corrected chi connectivity index (χ3v) is 2.90. The van der Waals surface area contributed by atoms with Crippen LogP contribution in [0.3, 0.4) is 0 Å². The summed E-state index contributed by atoms with van der Waals surface area (Å²) in [6.45, 7) is 8.34. The van der Waals surface area contributed by atoms with E-state index in [-0.39, 0.29) is 6.04 Å². The smallest absolute Gasteiger partial charge is 0.0211 e. The van der Waals surface area contributed by atoms with Gasteiger partial charge in [-0.05, 0) is 12.8 Å². The molecule has 0 fully saturated rings. The first-order valence-electron chi connectivity index (χ1n) is 3.86. The molecule has 0 aliphatic heterocycles. The topological polar surface area (TPSA) is 43.4 Å². The van der Waals surface area contributed by atoms with Crippen molar-refractivity contribution in [2.24, 2.45) is 5.92 Å². The largest absolute Gasteiger partial charge is 0.760 e. The first kappa shape index (κ1) is 11.1. The van der Waals surface area contributed by atoms with Gasteiger partial charge in [-0.1, -0.05) is 20.8 Å². The molecule has 0 amide bonds. The van der Waals surface area contributed by atoms with Crippen LogP contribution in [-0.2, 0) is 11.3 Å². The summed E-state index contributed by atoms with van der Waals surface area (Å²) in [5.41, 5.74) is 0. The molecule has 0 saturated carbocycles. The van der Waals surface area contributed by atoms with Crippen molar-refractivity contribution >= 4 is 11.3 Å². The summed E-state index contributed by atoms with van der Waals surface area (Å²) in [6, 6.07) is 0.0957. The quantitative estimate of drug-likeness (QED) is 0.606. The Labute approximate surface area is 71.2 Å². The molecule has 0 N–H and O–H groups in total. The summed E-state index contributed by atoms with van der Waals surface area (Å²) in [5, 5.41) is 0. The average Bonchev–Trinajstić information content (AvgIpc) is 1.88. The van der Waals surface area contributed by atoms with Crippen molar-refractivity contribution in [2.45, 2.75) is 33.7 Å². The van der Waals surface area contributed by atoms with Crippen LogP contribution < -0.4 is 0 Å². The summed E-state index contributed by atoms with van der Waals surface area (Å²) in [7, 11) is 0. The van der Waals surface area contributed by atoms with Crippen LogP contribution in [0.4, 0.5) is 0 Å². The highest BCUT2D eigenvalue weighted by Crippen LogP contribution is 2.10. The molecule has 0 radical (unpaired) electrons. The predicted molar refractivity (Wildman–Crippen MR) is 45.6 cm³/mol. The molecule has 2 atom stereocenters. The molecular weight excluding hydrogens is 162 g/mol. The van der Waals surface area contributed by atoms with Crippen LogP contribution in [0.2, 0.25) is 0 Å². The number of rotatable bonds is 4. The van der Waals surface area contributed by atoms with Gasteiger partial charge in [0.1, 0.15) is 0 Å². The van der Waals surface area contributed by atoms with E-state index in [0.717, 1.165) is 0 Å². The second kappa shape index (κ2) is 4.85. The molecule has 4 heteroatoms. The summed E-state index contributed by atoms with van der Waals surface area (Å²) < 4.78 is 22.7. The van der Waals surface area contributed by atoms with Gasteiger partial charge in [-0.25, -0.2) is 4.31 Å². The van der Waals surface area contributed by atoms with Gasteiger partial charge in [-0.3, -0.25) is 4.21 Å². The third-order valence-electron chi connectivity index (χ3n) is 1.92. The molecule has 0 saturated heterocycles. The maximum absolute atomic E-state index is 10.6. The van der Waals surface area contributed by atoms with Crippen LogP contribution in [0.25, 0.3) is 0 Å². The zero-order chi connectivity index (χ0) is 9.02. The van der Waals surface area contributed by atoms with Gasteiger partial charge in [-0.15, -0.1) is 0 Å². The highest BCUT2D eigenvalue weighted by Gasteiger charge is 2.15. The summed E-state index contributed by atoms with van der Waals surface area (Å²) in [4.78, 5) is 0. The highest BCUT2D eigenvalue weighted by molar-refractivity contribution is 7.76. The SMILES string of the molecule is CCN(C(C)C(C)C)S(=O)[O-]. The van der Waals surface area contributed by atoms with Gasteiger partial charge in [0.05, 0.1) is 0 Å². The summed E-state index contributed by atoms with van der Waals surface area (Å²) >= 11 is -2.07. The third kappa shape index (κ3) is 3.31. The Hall–Kier alpha value is 0.0700. The monoisotopic (exact) mass is 178 g/mol. The van der Waals surface area contributed by atoms with E-state index in [1.54, 1.807) is 0 Å². The summed E-state index contributed by atoms with van der Waals surface area (Å²) in [5.74, 6) is 0.368. The van der Waals surface area contributed by atoms with E-state index in [1.165, 1.54) is 4.31 Å². The van der Waals surface area contributed by atoms with Crippen molar-refractivity contribution in [1.29, 1.82) is 0 Å². The number of hydrogen-bond acceptors (Lipinski definition) is 2. The van der Waals surface area contributed by atoms with E-state index in [1.807, 2.05) is 27.7 Å². The molecular formula is C7H16NO2S-. The van der Waals surface area contributed by atoms with Gasteiger partial charge in [-0.2, -0.15) is 0 Å². The van der Waals surface area contributed by atoms with E-state index in [2.05, 4.69) is 0 Å². The fourth-order valence-corrected chi connectivity index (χ4v) is 1.59.